The molecule has 0 saturated heterocycles. The Bertz CT molecular complexity index is 791. The fourth-order valence-electron chi connectivity index (χ4n) is 2.61. The number of hydrogen-bond donors (Lipinski definition) is 0. The van der Waals surface area contributed by atoms with Crippen LogP contribution in [0.4, 0.5) is 39.2 Å². The fourth-order valence-corrected chi connectivity index (χ4v) is 8.33. The van der Waals surface area contributed by atoms with Gasteiger partial charge in [0.15, 0.2) is 0 Å². The standard InChI is InChI=1S/C16H14F5Te.BF4/c1-7-5-8(2)15(9(3)6-7)22(4)16-13(20)11(18)10(17)12(19)14(16)21;2-1(3,4)5/h5-6H,1-4H3;/q+1;-1. The summed E-state index contributed by atoms with van der Waals surface area (Å²) < 4.78 is 107. The molecule has 2 rings (SSSR count). The van der Waals surface area contributed by atoms with Crippen LogP contribution in [0.15, 0.2) is 12.1 Å². The Hall–Kier alpha value is -1.34. The quantitative estimate of drug-likeness (QED) is 0.232. The normalized spacial score (nSPS) is 11.5. The van der Waals surface area contributed by atoms with Gasteiger partial charge in [0.05, 0.1) is 0 Å². The summed E-state index contributed by atoms with van der Waals surface area (Å²) in [7, 11) is -6.00. The largest absolute Gasteiger partial charge is 0.673 e. The van der Waals surface area contributed by atoms with E-state index in [1.807, 2.05) is 19.1 Å². The van der Waals surface area contributed by atoms with E-state index >= 15 is 0 Å². The van der Waals surface area contributed by atoms with E-state index < -0.39 is 59.5 Å². The first-order valence-electron chi connectivity index (χ1n) is 7.29. The van der Waals surface area contributed by atoms with Gasteiger partial charge in [0.2, 0.25) is 0 Å². The van der Waals surface area contributed by atoms with E-state index in [0.717, 1.165) is 20.3 Å². The number of hydrogen-bond acceptors (Lipinski definition) is 0. The van der Waals surface area contributed by atoms with Gasteiger partial charge in [0.25, 0.3) is 0 Å². The van der Waals surface area contributed by atoms with Crippen LogP contribution < -0.4 is 7.22 Å². The van der Waals surface area contributed by atoms with Crippen LogP contribution in [0.5, 0.6) is 0 Å². The molecule has 0 heterocycles. The third-order valence-electron chi connectivity index (χ3n) is 3.39. The van der Waals surface area contributed by atoms with E-state index in [2.05, 4.69) is 0 Å². The molecule has 0 aliphatic rings. The summed E-state index contributed by atoms with van der Waals surface area (Å²) in [4.78, 5) is 1.60. The minimum Gasteiger partial charge on any atom is -0.418 e. The molecular formula is C16H14BF9Te. The molecule has 0 amide bonds. The van der Waals surface area contributed by atoms with Crippen molar-refractivity contribution in [3.05, 3.63) is 57.9 Å². The van der Waals surface area contributed by atoms with Gasteiger partial charge in [-0.1, -0.05) is 0 Å². The van der Waals surface area contributed by atoms with Gasteiger partial charge >= 0.3 is 140 Å². The van der Waals surface area contributed by atoms with Gasteiger partial charge in [-0.25, -0.2) is 0 Å². The van der Waals surface area contributed by atoms with Crippen LogP contribution in [0.1, 0.15) is 16.7 Å². The van der Waals surface area contributed by atoms with Gasteiger partial charge in [-0.05, 0) is 0 Å². The Balaban J connectivity index is 0.000000646. The molecule has 11 heteroatoms. The summed E-state index contributed by atoms with van der Waals surface area (Å²) >= 11 is -2.93. The molecule has 0 spiro atoms. The molecule has 0 radical (unpaired) electrons. The summed E-state index contributed by atoms with van der Waals surface area (Å²) in [5, 5.41) is 0. The summed E-state index contributed by atoms with van der Waals surface area (Å²) in [6.07, 6.45) is 0. The molecule has 2 aromatic carbocycles. The molecule has 0 aliphatic carbocycles. The van der Waals surface area contributed by atoms with Gasteiger partial charge in [-0.2, -0.15) is 0 Å². The minimum absolute atomic E-state index is 0.630. The zero-order valence-electron chi connectivity index (χ0n) is 14.5. The number of rotatable bonds is 2. The Kier molecular flexibility index (Phi) is 7.71. The maximum Gasteiger partial charge on any atom is 0.673 e. The van der Waals surface area contributed by atoms with Gasteiger partial charge in [-0.3, -0.25) is 0 Å². The number of halogens is 9. The Morgan fingerprint density at radius 1 is 0.630 bits per heavy atom. The van der Waals surface area contributed by atoms with E-state index in [4.69, 9.17) is 0 Å². The van der Waals surface area contributed by atoms with Gasteiger partial charge in [-0.15, -0.1) is 0 Å². The van der Waals surface area contributed by atoms with E-state index in [9.17, 15) is 39.2 Å². The van der Waals surface area contributed by atoms with Gasteiger partial charge in [0.1, 0.15) is 0 Å². The van der Waals surface area contributed by atoms with E-state index in [-0.39, 0.29) is 0 Å². The molecule has 0 aliphatic heterocycles. The average molecular weight is 516 g/mol. The van der Waals surface area contributed by atoms with Crippen LogP contribution in [0, 0.1) is 49.9 Å². The van der Waals surface area contributed by atoms with Crippen LogP contribution >= 0.6 is 0 Å². The maximum absolute atomic E-state index is 14.0. The monoisotopic (exact) mass is 518 g/mol. The molecule has 0 aromatic heterocycles. The smallest absolute Gasteiger partial charge is 0.418 e. The molecule has 0 fully saturated rings. The van der Waals surface area contributed by atoms with E-state index in [1.54, 1.807) is 18.8 Å². The zero-order chi connectivity index (χ0) is 21.3. The molecule has 27 heavy (non-hydrogen) atoms. The second kappa shape index (κ2) is 8.78. The minimum atomic E-state index is -6.00. The number of aryl methyl sites for hydroxylation is 3. The molecule has 0 saturated carbocycles. The van der Waals surface area contributed by atoms with Crippen molar-refractivity contribution in [2.45, 2.75) is 25.7 Å². The van der Waals surface area contributed by atoms with Crippen molar-refractivity contribution in [2.75, 3.05) is 0 Å². The molecule has 2 aromatic rings. The SMILES string of the molecule is Cc1cc(C)c([Te+](C)c2c(F)c(F)c(F)c(F)c2F)c(C)c1.F[B-](F)(F)F. The molecule has 0 nitrogen and oxygen atoms in total. The van der Waals surface area contributed by atoms with Gasteiger partial charge in [0, 0.05) is 0 Å². The van der Waals surface area contributed by atoms with Crippen LogP contribution in [0.25, 0.3) is 0 Å². The first kappa shape index (κ1) is 23.7. The molecule has 0 atom stereocenters. The summed E-state index contributed by atoms with van der Waals surface area (Å²) in [5.74, 6) is -9.25. The van der Waals surface area contributed by atoms with Crippen LogP contribution in [-0.2, 0) is 0 Å². The predicted octanol–water partition coefficient (Wildman–Crippen LogP) is 4.85. The molecule has 0 unspecified atom stereocenters. The summed E-state index contributed by atoms with van der Waals surface area (Å²) in [5.41, 5.74) is 2.63. The molecule has 0 bridgehead atoms. The van der Waals surface area contributed by atoms with Crippen molar-refractivity contribution in [1.82, 2.24) is 0 Å². The Morgan fingerprint density at radius 2 is 0.926 bits per heavy atom. The topological polar surface area (TPSA) is 0 Å². The first-order chi connectivity index (χ1) is 12.2. The van der Waals surface area contributed by atoms with Crippen LogP contribution in [0.2, 0.25) is 4.97 Å². The predicted molar refractivity (Wildman–Crippen MR) is 88.0 cm³/mol. The van der Waals surface area contributed by atoms with Gasteiger partial charge < -0.3 is 17.3 Å². The second-order valence-corrected chi connectivity index (χ2v) is 10.9. The van der Waals surface area contributed by atoms with Crippen molar-refractivity contribution in [3.8, 4) is 0 Å². The van der Waals surface area contributed by atoms with Crippen molar-refractivity contribution >= 4 is 34.0 Å². The van der Waals surface area contributed by atoms with Crippen LogP contribution in [0.3, 0.4) is 0 Å². The fraction of sp³-hybridized carbons (Fsp3) is 0.250. The Morgan fingerprint density at radius 3 is 1.26 bits per heavy atom. The van der Waals surface area contributed by atoms with Crippen molar-refractivity contribution in [3.63, 3.8) is 0 Å². The third kappa shape index (κ3) is 5.82. The van der Waals surface area contributed by atoms with Crippen molar-refractivity contribution in [1.29, 1.82) is 0 Å². The summed E-state index contributed by atoms with van der Waals surface area (Å²) in [6.45, 7) is 5.47. The first-order valence-corrected chi connectivity index (χ1v) is 11.9. The second-order valence-electron chi connectivity index (χ2n) is 5.63. The van der Waals surface area contributed by atoms with Crippen LogP contribution in [-0.4, -0.2) is 26.8 Å². The third-order valence-corrected chi connectivity index (χ3v) is 9.74. The molecule has 150 valence electrons. The zero-order valence-corrected chi connectivity index (χ0v) is 16.9. The Labute approximate surface area is 157 Å². The number of benzene rings is 2. The molecule has 0 N–H and O–H groups in total. The van der Waals surface area contributed by atoms with E-state index in [0.29, 0.717) is 0 Å². The van der Waals surface area contributed by atoms with E-state index in [1.165, 1.54) is 0 Å². The summed E-state index contributed by atoms with van der Waals surface area (Å²) in [6, 6.07) is 3.71. The van der Waals surface area contributed by atoms with Crippen molar-refractivity contribution < 1.29 is 39.2 Å². The molecular weight excluding hydrogens is 502 g/mol. The maximum atomic E-state index is 14.0. The average Bonchev–Trinajstić information content (AvgIpc) is 2.48. The van der Waals surface area contributed by atoms with Crippen molar-refractivity contribution in [2.24, 2.45) is 0 Å².